The summed E-state index contributed by atoms with van der Waals surface area (Å²) in [6.45, 7) is 12.3. The second-order valence-corrected chi connectivity index (χ2v) is 13.7. The van der Waals surface area contributed by atoms with Crippen molar-refractivity contribution in [1.29, 1.82) is 0 Å². The lowest BCUT2D eigenvalue weighted by molar-refractivity contribution is -0.0560. The molecule has 4 N–H and O–H groups in total. The average Bonchev–Trinajstić information content (AvgIpc) is 3.04. The SMILES string of the molecule is CC(C)CCC[C@@H](C)[C@H]1CC[C@H]2[C@@H]3CC=C4C[C@@H](OS(=O)(=O)O)CC[C@]4(C)[C@H]3CC[C@]12C.N. The molecule has 4 aliphatic rings. The van der Waals surface area contributed by atoms with Crippen LogP contribution in [0.1, 0.15) is 105 Å². The largest absolute Gasteiger partial charge is 0.397 e. The standard InChI is InChI=1S/C27H46O4S.H3N/c1-18(2)7-6-8-19(3)23-11-12-24-22-10-9-20-17-21(31-32(28,29)30)13-15-26(20,4)25(22)14-16-27(23,24)5;/h9,18-19,21-25H,6-8,10-17H2,1-5H3,(H,28,29,30);1H3/t19-,21+,22+,23-,24+,25+,26+,27-;/m1./s1. The van der Waals surface area contributed by atoms with Gasteiger partial charge in [-0.2, -0.15) is 8.42 Å². The van der Waals surface area contributed by atoms with Gasteiger partial charge in [-0.3, -0.25) is 4.55 Å². The maximum atomic E-state index is 11.2. The van der Waals surface area contributed by atoms with E-state index in [2.05, 4.69) is 40.7 Å². The zero-order chi connectivity index (χ0) is 23.3. The normalized spacial score (nSPS) is 41.4. The molecule has 0 spiro atoms. The van der Waals surface area contributed by atoms with Crippen molar-refractivity contribution >= 4 is 10.4 Å². The molecule has 0 aromatic rings. The molecule has 4 rings (SSSR count). The van der Waals surface area contributed by atoms with Crippen LogP contribution in [0.2, 0.25) is 0 Å². The van der Waals surface area contributed by atoms with Crippen molar-refractivity contribution in [3.8, 4) is 0 Å². The van der Waals surface area contributed by atoms with E-state index in [1.807, 2.05) is 0 Å². The third-order valence-corrected chi connectivity index (χ3v) is 11.0. The summed E-state index contributed by atoms with van der Waals surface area (Å²) in [4.78, 5) is 0. The number of hydrogen-bond acceptors (Lipinski definition) is 4. The Kier molecular flexibility index (Phi) is 8.15. The van der Waals surface area contributed by atoms with Gasteiger partial charge in [0.25, 0.3) is 0 Å². The first-order valence-corrected chi connectivity index (χ1v) is 14.7. The van der Waals surface area contributed by atoms with Gasteiger partial charge in [-0.05, 0) is 97.7 Å². The lowest BCUT2D eigenvalue weighted by Gasteiger charge is -2.58. The molecule has 192 valence electrons. The predicted octanol–water partition coefficient (Wildman–Crippen LogP) is 7.38. The first-order chi connectivity index (χ1) is 14.9. The van der Waals surface area contributed by atoms with Gasteiger partial charge in [0.05, 0.1) is 6.10 Å². The van der Waals surface area contributed by atoms with E-state index in [-0.39, 0.29) is 11.6 Å². The fraction of sp³-hybridized carbons (Fsp3) is 0.926. The molecule has 0 aromatic heterocycles. The smallest absolute Gasteiger partial charge is 0.344 e. The first-order valence-electron chi connectivity index (χ1n) is 13.3. The van der Waals surface area contributed by atoms with Crippen LogP contribution in [-0.2, 0) is 14.6 Å². The number of fused-ring (bicyclic) bond motifs is 5. The third-order valence-electron chi connectivity index (χ3n) is 10.5. The quantitative estimate of drug-likeness (QED) is 0.291. The molecule has 5 nitrogen and oxygen atoms in total. The molecule has 33 heavy (non-hydrogen) atoms. The minimum Gasteiger partial charge on any atom is -0.344 e. The predicted molar refractivity (Wildman–Crippen MR) is 134 cm³/mol. The van der Waals surface area contributed by atoms with Gasteiger partial charge < -0.3 is 6.15 Å². The van der Waals surface area contributed by atoms with Crippen LogP contribution in [0.15, 0.2) is 11.6 Å². The van der Waals surface area contributed by atoms with Gasteiger partial charge in [-0.15, -0.1) is 0 Å². The molecule has 0 aliphatic heterocycles. The summed E-state index contributed by atoms with van der Waals surface area (Å²) in [6.07, 6.45) is 15.1. The Labute approximate surface area is 203 Å². The Bertz CT molecular complexity index is 824. The maximum Gasteiger partial charge on any atom is 0.397 e. The Morgan fingerprint density at radius 2 is 1.79 bits per heavy atom. The Morgan fingerprint density at radius 1 is 1.06 bits per heavy atom. The molecule has 3 saturated carbocycles. The van der Waals surface area contributed by atoms with Crippen LogP contribution in [0.5, 0.6) is 0 Å². The molecule has 0 radical (unpaired) electrons. The van der Waals surface area contributed by atoms with Gasteiger partial charge in [0.1, 0.15) is 0 Å². The Morgan fingerprint density at radius 3 is 2.45 bits per heavy atom. The van der Waals surface area contributed by atoms with E-state index in [9.17, 15) is 8.42 Å². The van der Waals surface area contributed by atoms with Gasteiger partial charge in [0.2, 0.25) is 0 Å². The lowest BCUT2D eigenvalue weighted by atomic mass is 9.47. The molecule has 0 amide bonds. The molecular weight excluding hydrogens is 434 g/mol. The molecule has 0 aromatic carbocycles. The van der Waals surface area contributed by atoms with Gasteiger partial charge in [0.15, 0.2) is 0 Å². The van der Waals surface area contributed by atoms with E-state index in [4.69, 9.17) is 8.74 Å². The highest BCUT2D eigenvalue weighted by molar-refractivity contribution is 7.80. The first kappa shape index (κ1) is 27.2. The third kappa shape index (κ3) is 5.24. The van der Waals surface area contributed by atoms with Crippen molar-refractivity contribution in [3.05, 3.63) is 11.6 Å². The van der Waals surface area contributed by atoms with E-state index >= 15 is 0 Å². The van der Waals surface area contributed by atoms with Gasteiger partial charge >= 0.3 is 10.4 Å². The van der Waals surface area contributed by atoms with E-state index in [1.165, 1.54) is 50.5 Å². The molecule has 0 heterocycles. The molecule has 0 bridgehead atoms. The van der Waals surface area contributed by atoms with Crippen molar-refractivity contribution in [2.24, 2.45) is 46.3 Å². The van der Waals surface area contributed by atoms with Crippen LogP contribution >= 0.6 is 0 Å². The highest BCUT2D eigenvalue weighted by atomic mass is 32.3. The zero-order valence-electron chi connectivity index (χ0n) is 21.7. The van der Waals surface area contributed by atoms with E-state index < -0.39 is 16.5 Å². The maximum absolute atomic E-state index is 11.2. The monoisotopic (exact) mass is 483 g/mol. The number of hydrogen-bond donors (Lipinski definition) is 2. The van der Waals surface area contributed by atoms with Crippen LogP contribution in [0.4, 0.5) is 0 Å². The second-order valence-electron chi connectivity index (χ2n) is 12.7. The second kappa shape index (κ2) is 9.91. The van der Waals surface area contributed by atoms with Crippen molar-refractivity contribution in [3.63, 3.8) is 0 Å². The fourth-order valence-electron chi connectivity index (χ4n) is 8.91. The van der Waals surface area contributed by atoms with Crippen molar-refractivity contribution < 1.29 is 17.2 Å². The van der Waals surface area contributed by atoms with Crippen LogP contribution < -0.4 is 6.15 Å². The summed E-state index contributed by atoms with van der Waals surface area (Å²) in [6, 6.07) is 0. The molecule has 0 unspecified atom stereocenters. The van der Waals surface area contributed by atoms with E-state index in [0.717, 1.165) is 42.4 Å². The Balaban J connectivity index is 0.00000306. The van der Waals surface area contributed by atoms with Crippen LogP contribution in [0.3, 0.4) is 0 Å². The minimum atomic E-state index is -4.38. The molecule has 0 saturated heterocycles. The summed E-state index contributed by atoms with van der Waals surface area (Å²) in [5.41, 5.74) is 2.05. The van der Waals surface area contributed by atoms with E-state index in [0.29, 0.717) is 24.2 Å². The minimum absolute atomic E-state index is 0. The average molecular weight is 484 g/mol. The van der Waals surface area contributed by atoms with Crippen LogP contribution in [0.25, 0.3) is 0 Å². The summed E-state index contributed by atoms with van der Waals surface area (Å²) < 4.78 is 36.6. The molecule has 8 atom stereocenters. The highest BCUT2D eigenvalue weighted by Gasteiger charge is 2.59. The van der Waals surface area contributed by atoms with Gasteiger partial charge in [-0.1, -0.05) is 65.5 Å². The van der Waals surface area contributed by atoms with Gasteiger partial charge in [0, 0.05) is 0 Å². The molecule has 4 aliphatic carbocycles. The summed E-state index contributed by atoms with van der Waals surface area (Å²) in [5.74, 6) is 4.83. The zero-order valence-corrected chi connectivity index (χ0v) is 22.5. The van der Waals surface area contributed by atoms with E-state index in [1.54, 1.807) is 0 Å². The number of rotatable bonds is 7. The summed E-state index contributed by atoms with van der Waals surface area (Å²) in [5, 5.41) is 0. The van der Waals surface area contributed by atoms with Crippen molar-refractivity contribution in [2.75, 3.05) is 0 Å². The summed E-state index contributed by atoms with van der Waals surface area (Å²) >= 11 is 0. The molecule has 3 fully saturated rings. The van der Waals surface area contributed by atoms with Crippen molar-refractivity contribution in [1.82, 2.24) is 6.15 Å². The lowest BCUT2D eigenvalue weighted by Crippen LogP contribution is -2.51. The number of allylic oxidation sites excluding steroid dienone is 1. The van der Waals surface area contributed by atoms with Crippen LogP contribution in [0, 0.1) is 46.3 Å². The summed E-state index contributed by atoms with van der Waals surface area (Å²) in [7, 11) is -4.38. The molecule has 6 heteroatoms. The highest BCUT2D eigenvalue weighted by Crippen LogP contribution is 2.67. The van der Waals surface area contributed by atoms with Crippen molar-refractivity contribution in [2.45, 2.75) is 111 Å². The molecular formula is C27H49NO4S. The topological polar surface area (TPSA) is 98.6 Å². The fourth-order valence-corrected chi connectivity index (χ4v) is 9.41. The van der Waals surface area contributed by atoms with Gasteiger partial charge in [-0.25, -0.2) is 4.18 Å². The Hall–Kier alpha value is -0.430. The van der Waals surface area contributed by atoms with Crippen LogP contribution in [-0.4, -0.2) is 19.1 Å².